The van der Waals surface area contributed by atoms with Gasteiger partial charge in [0.05, 0.1) is 10.7 Å². The number of para-hydroxylation sites is 1. The number of nitrogens with zero attached hydrogens (tertiary/aromatic N) is 1. The second-order valence-electron chi connectivity index (χ2n) is 5.11. The normalized spacial score (nSPS) is 15.1. The quantitative estimate of drug-likeness (QED) is 0.928. The van der Waals surface area contributed by atoms with Crippen LogP contribution in [0.2, 0.25) is 5.02 Å². The van der Waals surface area contributed by atoms with Crippen LogP contribution in [0.3, 0.4) is 0 Å². The highest BCUT2D eigenvalue weighted by atomic mass is 35.5. The van der Waals surface area contributed by atoms with Gasteiger partial charge in [0.1, 0.15) is 6.54 Å². The van der Waals surface area contributed by atoms with Crippen LogP contribution in [0, 0.1) is 0 Å². The molecular weight excluding hydrogens is 276 g/mol. The third kappa shape index (κ3) is 3.73. The summed E-state index contributed by atoms with van der Waals surface area (Å²) in [5, 5.41) is 3.45. The summed E-state index contributed by atoms with van der Waals surface area (Å²) < 4.78 is 0. The van der Waals surface area contributed by atoms with Crippen molar-refractivity contribution in [2.45, 2.75) is 38.6 Å². The Morgan fingerprint density at radius 1 is 1.30 bits per heavy atom. The topological polar surface area (TPSA) is 49.4 Å². The summed E-state index contributed by atoms with van der Waals surface area (Å²) in [6.07, 6.45) is 4.37. The van der Waals surface area contributed by atoms with E-state index < -0.39 is 0 Å². The summed E-state index contributed by atoms with van der Waals surface area (Å²) in [5.74, 6) is -0.327. The second-order valence-corrected chi connectivity index (χ2v) is 5.51. The van der Waals surface area contributed by atoms with E-state index in [1.165, 1.54) is 11.8 Å². The summed E-state index contributed by atoms with van der Waals surface area (Å²) in [4.78, 5) is 25.2. The Labute approximate surface area is 124 Å². The molecule has 0 atom stereocenters. The Morgan fingerprint density at radius 2 is 1.95 bits per heavy atom. The highest BCUT2D eigenvalue weighted by Crippen LogP contribution is 2.25. The van der Waals surface area contributed by atoms with E-state index in [2.05, 4.69) is 5.32 Å². The van der Waals surface area contributed by atoms with E-state index in [-0.39, 0.29) is 24.4 Å². The number of anilines is 1. The summed E-state index contributed by atoms with van der Waals surface area (Å²) in [5.41, 5.74) is 0.572. The van der Waals surface area contributed by atoms with E-state index in [1.54, 1.807) is 24.3 Å². The van der Waals surface area contributed by atoms with Crippen LogP contribution < -0.4 is 10.2 Å². The molecule has 0 bridgehead atoms. The van der Waals surface area contributed by atoms with Crippen molar-refractivity contribution in [3.05, 3.63) is 29.3 Å². The predicted octanol–water partition coefficient (Wildman–Crippen LogP) is 2.75. The number of benzene rings is 1. The third-order valence-electron chi connectivity index (χ3n) is 3.55. The molecule has 1 N–H and O–H groups in total. The van der Waals surface area contributed by atoms with Gasteiger partial charge in [-0.25, -0.2) is 0 Å². The number of hydrogen-bond acceptors (Lipinski definition) is 2. The summed E-state index contributed by atoms with van der Waals surface area (Å²) >= 11 is 6.09. The highest BCUT2D eigenvalue weighted by Gasteiger charge is 2.21. The van der Waals surface area contributed by atoms with Gasteiger partial charge in [-0.05, 0) is 25.0 Å². The van der Waals surface area contributed by atoms with Gasteiger partial charge in [0.15, 0.2) is 0 Å². The van der Waals surface area contributed by atoms with Crippen LogP contribution in [0.4, 0.5) is 5.69 Å². The molecule has 1 saturated carbocycles. The zero-order chi connectivity index (χ0) is 14.5. The lowest BCUT2D eigenvalue weighted by Gasteiger charge is -2.22. The minimum atomic E-state index is -0.195. The van der Waals surface area contributed by atoms with Crippen molar-refractivity contribution in [2.75, 3.05) is 11.4 Å². The first-order chi connectivity index (χ1) is 9.58. The summed E-state index contributed by atoms with van der Waals surface area (Å²) in [7, 11) is 0. The lowest BCUT2D eigenvalue weighted by atomic mass is 10.2. The van der Waals surface area contributed by atoms with Crippen LogP contribution in [0.25, 0.3) is 0 Å². The van der Waals surface area contributed by atoms with E-state index in [1.807, 2.05) is 0 Å². The lowest BCUT2D eigenvalue weighted by Crippen LogP contribution is -2.43. The number of amides is 2. The number of carbonyl (C=O) groups excluding carboxylic acids is 2. The van der Waals surface area contributed by atoms with Gasteiger partial charge >= 0.3 is 0 Å². The van der Waals surface area contributed by atoms with Gasteiger partial charge in [-0.2, -0.15) is 0 Å². The SMILES string of the molecule is CC(=O)N(CC(=O)NC1CCCC1)c1ccccc1Cl. The summed E-state index contributed by atoms with van der Waals surface area (Å²) in [6, 6.07) is 7.30. The van der Waals surface area contributed by atoms with Crippen molar-refractivity contribution >= 4 is 29.1 Å². The largest absolute Gasteiger partial charge is 0.352 e. The average Bonchev–Trinajstić information content (AvgIpc) is 2.89. The molecule has 2 rings (SSSR count). The molecule has 0 aliphatic heterocycles. The highest BCUT2D eigenvalue weighted by molar-refractivity contribution is 6.33. The molecule has 2 amide bonds. The van der Waals surface area contributed by atoms with Crippen molar-refractivity contribution in [3.8, 4) is 0 Å². The van der Waals surface area contributed by atoms with Crippen LogP contribution in [-0.2, 0) is 9.59 Å². The first kappa shape index (κ1) is 14.9. The van der Waals surface area contributed by atoms with Crippen LogP contribution in [-0.4, -0.2) is 24.4 Å². The fourth-order valence-corrected chi connectivity index (χ4v) is 2.76. The Morgan fingerprint density at radius 3 is 2.55 bits per heavy atom. The zero-order valence-electron chi connectivity index (χ0n) is 11.6. The number of nitrogens with one attached hydrogen (secondary N) is 1. The second kappa shape index (κ2) is 6.75. The molecule has 0 aromatic heterocycles. The molecule has 0 saturated heterocycles. The van der Waals surface area contributed by atoms with Crippen molar-refractivity contribution in [1.82, 2.24) is 5.32 Å². The van der Waals surface area contributed by atoms with Gasteiger partial charge in [0, 0.05) is 13.0 Å². The van der Waals surface area contributed by atoms with Crippen molar-refractivity contribution in [1.29, 1.82) is 0 Å². The molecule has 4 nitrogen and oxygen atoms in total. The Hall–Kier alpha value is -1.55. The van der Waals surface area contributed by atoms with Crippen LogP contribution >= 0.6 is 11.6 Å². The number of rotatable bonds is 4. The maximum absolute atomic E-state index is 12.1. The smallest absolute Gasteiger partial charge is 0.240 e. The molecule has 108 valence electrons. The van der Waals surface area contributed by atoms with E-state index in [9.17, 15) is 9.59 Å². The fourth-order valence-electron chi connectivity index (χ4n) is 2.52. The molecule has 1 aliphatic rings. The molecule has 20 heavy (non-hydrogen) atoms. The monoisotopic (exact) mass is 294 g/mol. The molecule has 0 radical (unpaired) electrons. The van der Waals surface area contributed by atoms with Gasteiger partial charge in [0.25, 0.3) is 0 Å². The predicted molar refractivity (Wildman–Crippen MR) is 79.9 cm³/mol. The lowest BCUT2D eigenvalue weighted by molar-refractivity contribution is -0.123. The standard InChI is InChI=1S/C15H19ClN2O2/c1-11(19)18(14-9-5-4-8-13(14)16)10-15(20)17-12-6-2-3-7-12/h4-5,8-9,12H,2-3,6-7,10H2,1H3,(H,17,20). The van der Waals surface area contributed by atoms with Gasteiger partial charge in [0.2, 0.25) is 11.8 Å². The van der Waals surface area contributed by atoms with Crippen molar-refractivity contribution in [3.63, 3.8) is 0 Å². The molecule has 0 unspecified atom stereocenters. The number of carbonyl (C=O) groups is 2. The van der Waals surface area contributed by atoms with E-state index >= 15 is 0 Å². The van der Waals surface area contributed by atoms with Crippen LogP contribution in [0.15, 0.2) is 24.3 Å². The van der Waals surface area contributed by atoms with E-state index in [4.69, 9.17) is 11.6 Å². The van der Waals surface area contributed by atoms with Gasteiger partial charge < -0.3 is 10.2 Å². The first-order valence-electron chi connectivity index (χ1n) is 6.90. The van der Waals surface area contributed by atoms with Gasteiger partial charge in [-0.1, -0.05) is 36.6 Å². The van der Waals surface area contributed by atoms with Gasteiger partial charge in [-0.3, -0.25) is 9.59 Å². The molecule has 0 heterocycles. The maximum Gasteiger partial charge on any atom is 0.240 e. The average molecular weight is 295 g/mol. The summed E-state index contributed by atoms with van der Waals surface area (Å²) in [6.45, 7) is 1.45. The molecule has 5 heteroatoms. The molecule has 1 aromatic carbocycles. The Kier molecular flexibility index (Phi) is 5.01. The van der Waals surface area contributed by atoms with E-state index in [0.717, 1.165) is 25.7 Å². The number of hydrogen-bond donors (Lipinski definition) is 1. The van der Waals surface area contributed by atoms with E-state index in [0.29, 0.717) is 10.7 Å². The Bertz CT molecular complexity index is 498. The minimum absolute atomic E-state index is 0.00949. The first-order valence-corrected chi connectivity index (χ1v) is 7.27. The molecule has 1 fully saturated rings. The minimum Gasteiger partial charge on any atom is -0.352 e. The maximum atomic E-state index is 12.1. The Balaban J connectivity index is 2.04. The number of halogens is 1. The molecule has 0 spiro atoms. The fraction of sp³-hybridized carbons (Fsp3) is 0.467. The molecule has 1 aromatic rings. The van der Waals surface area contributed by atoms with Crippen LogP contribution in [0.1, 0.15) is 32.6 Å². The van der Waals surface area contributed by atoms with Crippen molar-refractivity contribution in [2.24, 2.45) is 0 Å². The molecular formula is C15H19ClN2O2. The zero-order valence-corrected chi connectivity index (χ0v) is 12.3. The van der Waals surface area contributed by atoms with Gasteiger partial charge in [-0.15, -0.1) is 0 Å². The van der Waals surface area contributed by atoms with Crippen LogP contribution in [0.5, 0.6) is 0 Å². The van der Waals surface area contributed by atoms with Crippen molar-refractivity contribution < 1.29 is 9.59 Å². The third-order valence-corrected chi connectivity index (χ3v) is 3.86. The molecule has 1 aliphatic carbocycles.